The summed E-state index contributed by atoms with van der Waals surface area (Å²) < 4.78 is 23.8. The number of fused-ring (bicyclic) bond motifs is 1. The predicted octanol–water partition coefficient (Wildman–Crippen LogP) is 3.44. The molecular weight excluding hydrogens is 272 g/mol. The Hall–Kier alpha value is -0.363. The maximum atomic E-state index is 6.50. The van der Waals surface area contributed by atoms with Crippen LogP contribution in [0.1, 0.15) is 34.6 Å². The van der Waals surface area contributed by atoms with Gasteiger partial charge >= 0.3 is 0 Å². The Balaban J connectivity index is 2.14. The maximum Gasteiger partial charge on any atom is 0.193 e. The van der Waals surface area contributed by atoms with E-state index in [1.807, 2.05) is 19.9 Å². The van der Waals surface area contributed by atoms with Gasteiger partial charge in [-0.05, 0) is 38.1 Å². The summed E-state index contributed by atoms with van der Waals surface area (Å²) in [4.78, 5) is 0. The van der Waals surface area contributed by atoms with Crippen LogP contribution in [0.25, 0.3) is 0 Å². The molecular formula is C15H28O4Si. The van der Waals surface area contributed by atoms with Crippen LogP contribution in [-0.2, 0) is 18.6 Å². The molecule has 0 aromatic carbocycles. The molecule has 2 heterocycles. The zero-order chi connectivity index (χ0) is 15.2. The first-order valence-corrected chi connectivity index (χ1v) is 10.2. The third kappa shape index (κ3) is 3.27. The highest BCUT2D eigenvalue weighted by molar-refractivity contribution is 6.74. The molecule has 0 spiro atoms. The van der Waals surface area contributed by atoms with E-state index in [4.69, 9.17) is 18.6 Å². The summed E-state index contributed by atoms with van der Waals surface area (Å²) in [5.41, 5.74) is 0. The topological polar surface area (TPSA) is 36.9 Å². The van der Waals surface area contributed by atoms with Crippen molar-refractivity contribution in [2.45, 2.75) is 76.8 Å². The molecule has 1 fully saturated rings. The highest BCUT2D eigenvalue weighted by Gasteiger charge is 2.47. The van der Waals surface area contributed by atoms with Crippen LogP contribution in [0.2, 0.25) is 18.1 Å². The zero-order valence-electron chi connectivity index (χ0n) is 13.7. The molecule has 2 rings (SSSR count). The third-order valence-corrected chi connectivity index (χ3v) is 8.94. The first-order chi connectivity index (χ1) is 9.02. The van der Waals surface area contributed by atoms with Crippen LogP contribution in [0.15, 0.2) is 12.3 Å². The fourth-order valence-corrected chi connectivity index (χ4v) is 3.41. The lowest BCUT2D eigenvalue weighted by Gasteiger charge is -2.47. The molecule has 20 heavy (non-hydrogen) atoms. The lowest BCUT2D eigenvalue weighted by Crippen LogP contribution is -2.58. The molecule has 0 saturated carbocycles. The van der Waals surface area contributed by atoms with Crippen molar-refractivity contribution in [3.8, 4) is 0 Å². The van der Waals surface area contributed by atoms with Gasteiger partial charge in [-0.1, -0.05) is 20.8 Å². The molecule has 3 unspecified atom stereocenters. The molecule has 0 aliphatic carbocycles. The Bertz CT molecular complexity index is 384. The van der Waals surface area contributed by atoms with Crippen molar-refractivity contribution in [3.05, 3.63) is 12.3 Å². The highest BCUT2D eigenvalue weighted by Crippen LogP contribution is 2.39. The molecule has 0 bridgehead atoms. The van der Waals surface area contributed by atoms with E-state index in [0.717, 1.165) is 0 Å². The predicted molar refractivity (Wildman–Crippen MR) is 81.0 cm³/mol. The Morgan fingerprint density at radius 2 is 1.90 bits per heavy atom. The molecule has 0 aromatic heterocycles. The van der Waals surface area contributed by atoms with Crippen LogP contribution in [-0.4, -0.2) is 39.0 Å². The molecule has 0 radical (unpaired) electrons. The second-order valence-corrected chi connectivity index (χ2v) is 12.4. The van der Waals surface area contributed by atoms with Gasteiger partial charge in [0.25, 0.3) is 0 Å². The minimum Gasteiger partial charge on any atom is -0.493 e. The number of hydrogen-bond donors (Lipinski definition) is 0. The molecule has 0 amide bonds. The van der Waals surface area contributed by atoms with Gasteiger partial charge in [0.2, 0.25) is 0 Å². The normalized spacial score (nSPS) is 33.5. The molecule has 2 aliphatic heterocycles. The summed E-state index contributed by atoms with van der Waals surface area (Å²) in [6.07, 6.45) is 3.46. The third-order valence-electron chi connectivity index (χ3n) is 4.46. The van der Waals surface area contributed by atoms with Gasteiger partial charge < -0.3 is 18.6 Å². The summed E-state index contributed by atoms with van der Waals surface area (Å²) in [5.74, 6) is -0.579. The Kier molecular flexibility index (Phi) is 4.10. The molecule has 0 N–H and O–H groups in total. The number of rotatable bonds is 2. The lowest BCUT2D eigenvalue weighted by molar-refractivity contribution is -0.317. The largest absolute Gasteiger partial charge is 0.493 e. The number of hydrogen-bond acceptors (Lipinski definition) is 4. The van der Waals surface area contributed by atoms with E-state index >= 15 is 0 Å². The Morgan fingerprint density at radius 1 is 1.25 bits per heavy atom. The van der Waals surface area contributed by atoms with Gasteiger partial charge in [0.1, 0.15) is 6.10 Å². The maximum absolute atomic E-state index is 6.50. The lowest BCUT2D eigenvalue weighted by atomic mass is 10.0. The zero-order valence-corrected chi connectivity index (χ0v) is 14.7. The molecule has 2 aliphatic rings. The molecule has 3 atom stereocenters. The van der Waals surface area contributed by atoms with Crippen molar-refractivity contribution in [1.82, 2.24) is 0 Å². The summed E-state index contributed by atoms with van der Waals surface area (Å²) in [6.45, 7) is 15.7. The van der Waals surface area contributed by atoms with E-state index in [1.54, 1.807) is 6.26 Å². The van der Waals surface area contributed by atoms with Gasteiger partial charge in [-0.15, -0.1) is 0 Å². The van der Waals surface area contributed by atoms with Crippen molar-refractivity contribution >= 4 is 8.32 Å². The van der Waals surface area contributed by atoms with E-state index in [0.29, 0.717) is 6.61 Å². The van der Waals surface area contributed by atoms with E-state index in [2.05, 4.69) is 33.9 Å². The van der Waals surface area contributed by atoms with Gasteiger partial charge in [-0.25, -0.2) is 0 Å². The van der Waals surface area contributed by atoms with E-state index in [-0.39, 0.29) is 23.4 Å². The van der Waals surface area contributed by atoms with Crippen LogP contribution < -0.4 is 0 Å². The monoisotopic (exact) mass is 300 g/mol. The van der Waals surface area contributed by atoms with E-state index in [9.17, 15) is 0 Å². The van der Waals surface area contributed by atoms with Crippen molar-refractivity contribution in [2.24, 2.45) is 0 Å². The van der Waals surface area contributed by atoms with Crippen LogP contribution >= 0.6 is 0 Å². The minimum atomic E-state index is -1.84. The average molecular weight is 300 g/mol. The van der Waals surface area contributed by atoms with Gasteiger partial charge in [0.15, 0.2) is 20.2 Å². The first-order valence-electron chi connectivity index (χ1n) is 7.34. The van der Waals surface area contributed by atoms with Crippen LogP contribution in [0.5, 0.6) is 0 Å². The molecule has 116 valence electrons. The summed E-state index contributed by atoms with van der Waals surface area (Å²) >= 11 is 0. The second-order valence-electron chi connectivity index (χ2n) is 7.64. The quantitative estimate of drug-likeness (QED) is 0.732. The Morgan fingerprint density at radius 3 is 2.50 bits per heavy atom. The summed E-state index contributed by atoms with van der Waals surface area (Å²) in [5, 5.41) is 0.176. The molecule has 5 heteroatoms. The van der Waals surface area contributed by atoms with E-state index < -0.39 is 14.1 Å². The number of ether oxygens (including phenoxy) is 3. The highest BCUT2D eigenvalue weighted by atomic mass is 28.4. The standard InChI is InChI=1S/C15H28O4Si/c1-14(2,3)20(6,7)19-11-8-9-16-12-10-17-15(4,5)18-13(11)12/h8-9,11-13H,10H2,1-7H3. The van der Waals surface area contributed by atoms with Crippen LogP contribution in [0, 0.1) is 0 Å². The van der Waals surface area contributed by atoms with E-state index in [1.165, 1.54) is 0 Å². The van der Waals surface area contributed by atoms with Crippen molar-refractivity contribution in [2.75, 3.05) is 6.61 Å². The minimum absolute atomic E-state index is 0.0576. The van der Waals surface area contributed by atoms with Gasteiger partial charge in [-0.2, -0.15) is 0 Å². The fraction of sp³-hybridized carbons (Fsp3) is 0.867. The summed E-state index contributed by atoms with van der Waals surface area (Å²) in [6, 6.07) is 0. The molecule has 0 aromatic rings. The van der Waals surface area contributed by atoms with Gasteiger partial charge in [-0.3, -0.25) is 0 Å². The van der Waals surface area contributed by atoms with Crippen LogP contribution in [0.3, 0.4) is 0 Å². The second kappa shape index (κ2) is 5.12. The molecule has 1 saturated heterocycles. The van der Waals surface area contributed by atoms with Gasteiger partial charge in [0, 0.05) is 0 Å². The van der Waals surface area contributed by atoms with Gasteiger partial charge in [0.05, 0.1) is 19.0 Å². The fourth-order valence-electron chi connectivity index (χ4n) is 2.17. The summed E-state index contributed by atoms with van der Waals surface area (Å²) in [7, 11) is -1.84. The van der Waals surface area contributed by atoms with Crippen LogP contribution in [0.4, 0.5) is 0 Å². The average Bonchev–Trinajstić information content (AvgIpc) is 2.27. The SMILES string of the molecule is CC1(C)OCC2OC=CC(O[Si](C)(C)C(C)(C)C)C2O1. The molecule has 4 nitrogen and oxygen atoms in total. The van der Waals surface area contributed by atoms with Crippen molar-refractivity contribution in [1.29, 1.82) is 0 Å². The van der Waals surface area contributed by atoms with Crippen molar-refractivity contribution in [3.63, 3.8) is 0 Å². The smallest absolute Gasteiger partial charge is 0.193 e. The van der Waals surface area contributed by atoms with Crippen molar-refractivity contribution < 1.29 is 18.6 Å². The Labute approximate surface area is 123 Å². The first kappa shape index (κ1) is 16.0.